The van der Waals surface area contributed by atoms with Crippen LogP contribution in [-0.4, -0.2) is 53.9 Å². The maximum Gasteiger partial charge on any atom is 0.308 e. The minimum Gasteiger partial charge on any atom is -0.407 e. The van der Waals surface area contributed by atoms with Gasteiger partial charge < -0.3 is 23.4 Å². The van der Waals surface area contributed by atoms with Crippen molar-refractivity contribution in [3.8, 4) is 0 Å². The molecule has 6 heteroatoms. The van der Waals surface area contributed by atoms with Crippen LogP contribution in [0.3, 0.4) is 0 Å². The minimum absolute atomic E-state index is 0.211. The lowest BCUT2D eigenvalue weighted by atomic mass is 9.85. The molecule has 4 unspecified atom stereocenters. The first-order chi connectivity index (χ1) is 10.3. The van der Waals surface area contributed by atoms with Gasteiger partial charge in [-0.1, -0.05) is 0 Å². The third-order valence-electron chi connectivity index (χ3n) is 4.69. The van der Waals surface area contributed by atoms with Crippen LogP contribution >= 0.6 is 0 Å². The lowest BCUT2D eigenvalue weighted by Crippen LogP contribution is -2.52. The fourth-order valence-electron chi connectivity index (χ4n) is 3.52. The van der Waals surface area contributed by atoms with Crippen LogP contribution in [0, 0.1) is 5.92 Å². The standard InChI is InChI=1S/C16H32O5Si/c1-17-16(18-2,19-3)15(21-22(4,5)6)10-8-12-7-9-13-14(11-12)20-13/h12-15H,7-11H2,1-6H3. The van der Waals surface area contributed by atoms with E-state index in [4.69, 9.17) is 23.4 Å². The molecule has 0 aromatic carbocycles. The first kappa shape index (κ1) is 18.4. The van der Waals surface area contributed by atoms with Crippen molar-refractivity contribution in [2.24, 2.45) is 5.92 Å². The average Bonchev–Trinajstić information content (AvgIpc) is 3.24. The van der Waals surface area contributed by atoms with E-state index in [1.807, 2.05) is 0 Å². The number of rotatable bonds is 9. The van der Waals surface area contributed by atoms with Crippen molar-refractivity contribution >= 4 is 8.32 Å². The van der Waals surface area contributed by atoms with E-state index < -0.39 is 14.3 Å². The molecule has 1 aliphatic heterocycles. The number of hydrogen-bond donors (Lipinski definition) is 0. The molecule has 1 saturated heterocycles. The van der Waals surface area contributed by atoms with Crippen LogP contribution in [0.15, 0.2) is 0 Å². The van der Waals surface area contributed by atoms with Crippen LogP contribution in [-0.2, 0) is 23.4 Å². The van der Waals surface area contributed by atoms with Gasteiger partial charge in [-0.05, 0) is 57.7 Å². The Morgan fingerprint density at radius 3 is 2.18 bits per heavy atom. The zero-order chi connectivity index (χ0) is 16.4. The maximum atomic E-state index is 6.34. The second-order valence-electron chi connectivity index (χ2n) is 7.40. The van der Waals surface area contributed by atoms with E-state index in [1.54, 1.807) is 21.3 Å². The Labute approximate surface area is 135 Å². The van der Waals surface area contributed by atoms with E-state index in [0.717, 1.165) is 12.8 Å². The van der Waals surface area contributed by atoms with Crippen molar-refractivity contribution in [2.45, 2.75) is 76.0 Å². The Bertz CT molecular complexity index is 345. The molecule has 22 heavy (non-hydrogen) atoms. The molecule has 0 radical (unpaired) electrons. The first-order valence-corrected chi connectivity index (χ1v) is 11.7. The third kappa shape index (κ3) is 4.52. The smallest absolute Gasteiger partial charge is 0.308 e. The third-order valence-corrected chi connectivity index (χ3v) is 5.69. The van der Waals surface area contributed by atoms with Crippen molar-refractivity contribution in [1.82, 2.24) is 0 Å². The Kier molecular flexibility index (Phi) is 6.07. The summed E-state index contributed by atoms with van der Waals surface area (Å²) in [6.45, 7) is 6.53. The van der Waals surface area contributed by atoms with Crippen molar-refractivity contribution in [3.05, 3.63) is 0 Å². The Hall–Kier alpha value is 0.0169. The van der Waals surface area contributed by atoms with Crippen LogP contribution in [0.1, 0.15) is 32.1 Å². The van der Waals surface area contributed by atoms with Gasteiger partial charge in [0.1, 0.15) is 6.10 Å². The molecule has 130 valence electrons. The van der Waals surface area contributed by atoms with Crippen LogP contribution < -0.4 is 0 Å². The molecule has 1 heterocycles. The highest BCUT2D eigenvalue weighted by Crippen LogP contribution is 2.41. The van der Waals surface area contributed by atoms with Gasteiger partial charge >= 0.3 is 5.97 Å². The zero-order valence-electron chi connectivity index (χ0n) is 14.9. The number of methoxy groups -OCH3 is 3. The van der Waals surface area contributed by atoms with E-state index in [1.165, 1.54) is 19.3 Å². The van der Waals surface area contributed by atoms with Gasteiger partial charge in [0.05, 0.1) is 12.2 Å². The van der Waals surface area contributed by atoms with Crippen molar-refractivity contribution in [1.29, 1.82) is 0 Å². The average molecular weight is 333 g/mol. The Balaban J connectivity index is 1.96. The highest BCUT2D eigenvalue weighted by molar-refractivity contribution is 6.69. The molecule has 0 bridgehead atoms. The summed E-state index contributed by atoms with van der Waals surface area (Å²) >= 11 is 0. The van der Waals surface area contributed by atoms with Gasteiger partial charge in [-0.15, -0.1) is 0 Å². The molecule has 2 aliphatic rings. The predicted molar refractivity (Wildman–Crippen MR) is 87.2 cm³/mol. The van der Waals surface area contributed by atoms with Crippen molar-refractivity contribution in [2.75, 3.05) is 21.3 Å². The topological polar surface area (TPSA) is 49.5 Å². The molecule has 2 rings (SSSR count). The van der Waals surface area contributed by atoms with E-state index in [-0.39, 0.29) is 6.10 Å². The summed E-state index contributed by atoms with van der Waals surface area (Å²) < 4.78 is 28.6. The highest BCUT2D eigenvalue weighted by atomic mass is 28.4. The van der Waals surface area contributed by atoms with Gasteiger partial charge in [0.15, 0.2) is 8.32 Å². The molecule has 0 spiro atoms. The molecule has 0 aromatic rings. The van der Waals surface area contributed by atoms with Gasteiger partial charge in [0.25, 0.3) is 0 Å². The number of hydrogen-bond acceptors (Lipinski definition) is 5. The molecule has 1 aliphatic carbocycles. The molecule has 0 aromatic heterocycles. The molecule has 1 saturated carbocycles. The maximum absolute atomic E-state index is 6.34. The Morgan fingerprint density at radius 2 is 1.68 bits per heavy atom. The van der Waals surface area contributed by atoms with Gasteiger partial charge in [0.2, 0.25) is 0 Å². The molecule has 0 amide bonds. The summed E-state index contributed by atoms with van der Waals surface area (Å²) in [5.74, 6) is -0.409. The predicted octanol–water partition coefficient (Wildman–Crippen LogP) is 3.15. The number of epoxide rings is 1. The van der Waals surface area contributed by atoms with Gasteiger partial charge in [-0.3, -0.25) is 0 Å². The van der Waals surface area contributed by atoms with Gasteiger partial charge in [-0.25, -0.2) is 0 Å². The molecular weight excluding hydrogens is 300 g/mol. The SMILES string of the molecule is COC(OC)(OC)C(CCC1CCC2OC2C1)O[Si](C)(C)C. The number of fused-ring (bicyclic) bond motifs is 1. The van der Waals surface area contributed by atoms with Crippen LogP contribution in [0.4, 0.5) is 0 Å². The molecule has 4 atom stereocenters. The summed E-state index contributed by atoms with van der Waals surface area (Å²) in [4.78, 5) is 0. The zero-order valence-corrected chi connectivity index (χ0v) is 15.9. The van der Waals surface area contributed by atoms with Crippen molar-refractivity contribution in [3.63, 3.8) is 0 Å². The highest BCUT2D eigenvalue weighted by Gasteiger charge is 2.46. The number of ether oxygens (including phenoxy) is 4. The normalized spacial score (nSPS) is 30.0. The fraction of sp³-hybridized carbons (Fsp3) is 1.00. The second kappa shape index (κ2) is 7.28. The van der Waals surface area contributed by atoms with Gasteiger partial charge in [0, 0.05) is 21.3 Å². The van der Waals surface area contributed by atoms with Crippen LogP contribution in [0.25, 0.3) is 0 Å². The summed E-state index contributed by atoms with van der Waals surface area (Å²) in [6.07, 6.45) is 6.48. The van der Waals surface area contributed by atoms with E-state index in [2.05, 4.69) is 19.6 Å². The summed E-state index contributed by atoms with van der Waals surface area (Å²) in [7, 11) is 3.09. The minimum atomic E-state index is -1.74. The monoisotopic (exact) mass is 332 g/mol. The molecular formula is C16H32O5Si. The largest absolute Gasteiger partial charge is 0.407 e. The molecule has 5 nitrogen and oxygen atoms in total. The fourth-order valence-corrected chi connectivity index (χ4v) is 4.63. The van der Waals surface area contributed by atoms with E-state index in [9.17, 15) is 0 Å². The first-order valence-electron chi connectivity index (χ1n) is 8.32. The summed E-state index contributed by atoms with van der Waals surface area (Å²) in [5, 5.41) is 0. The summed E-state index contributed by atoms with van der Waals surface area (Å²) in [5.41, 5.74) is 0. The molecule has 2 fully saturated rings. The quantitative estimate of drug-likeness (QED) is 0.369. The van der Waals surface area contributed by atoms with Crippen LogP contribution in [0.5, 0.6) is 0 Å². The lowest BCUT2D eigenvalue weighted by Gasteiger charge is -2.39. The lowest BCUT2D eigenvalue weighted by molar-refractivity contribution is -0.386. The van der Waals surface area contributed by atoms with Crippen molar-refractivity contribution < 1.29 is 23.4 Å². The Morgan fingerprint density at radius 1 is 1.05 bits per heavy atom. The van der Waals surface area contributed by atoms with E-state index >= 15 is 0 Å². The van der Waals surface area contributed by atoms with Gasteiger partial charge in [-0.2, -0.15) is 0 Å². The van der Waals surface area contributed by atoms with Crippen LogP contribution in [0.2, 0.25) is 19.6 Å². The second-order valence-corrected chi connectivity index (χ2v) is 11.9. The summed E-state index contributed by atoms with van der Waals surface area (Å²) in [6, 6.07) is 0. The van der Waals surface area contributed by atoms with E-state index in [0.29, 0.717) is 18.1 Å². The molecule has 0 N–H and O–H groups in total.